The van der Waals surface area contributed by atoms with Gasteiger partial charge < -0.3 is 20.3 Å². The van der Waals surface area contributed by atoms with Crippen molar-refractivity contribution in [2.24, 2.45) is 5.92 Å². The average Bonchev–Trinajstić information content (AvgIpc) is 3.73. The van der Waals surface area contributed by atoms with E-state index in [1.807, 2.05) is 30.3 Å². The highest BCUT2D eigenvalue weighted by molar-refractivity contribution is 6.30. The molecule has 2 fully saturated rings. The Bertz CT molecular complexity index is 1470. The van der Waals surface area contributed by atoms with Gasteiger partial charge in [0.05, 0.1) is 22.4 Å². The molecule has 5 rings (SSSR count). The zero-order valence-electron chi connectivity index (χ0n) is 24.1. The van der Waals surface area contributed by atoms with Crippen molar-refractivity contribution in [2.45, 2.75) is 56.7 Å². The first-order valence-electron chi connectivity index (χ1n) is 14.4. The molecule has 0 radical (unpaired) electrons. The van der Waals surface area contributed by atoms with E-state index in [0.717, 1.165) is 24.8 Å². The number of aromatic nitrogens is 1. The molecule has 2 heterocycles. The lowest BCUT2D eigenvalue weighted by Crippen LogP contribution is -2.46. The van der Waals surface area contributed by atoms with Crippen LogP contribution < -0.4 is 16.0 Å². The molecular formula is C32H35ClFN5O4. The Balaban J connectivity index is 1.42. The number of hydrogen-bond acceptors (Lipinski definition) is 5. The van der Waals surface area contributed by atoms with Crippen LogP contribution in [0.4, 0.5) is 20.7 Å². The smallest absolute Gasteiger partial charge is 0.323 e. The molecule has 3 aromatic rings. The van der Waals surface area contributed by atoms with Crippen LogP contribution in [0.5, 0.6) is 0 Å². The van der Waals surface area contributed by atoms with Crippen LogP contribution in [0.25, 0.3) is 0 Å². The number of amides is 4. The normalized spacial score (nSPS) is 19.4. The minimum atomic E-state index is -0.926. The molecule has 0 spiro atoms. The Labute approximate surface area is 255 Å². The third-order valence-corrected chi connectivity index (χ3v) is 8.34. The van der Waals surface area contributed by atoms with Crippen LogP contribution in [0.15, 0.2) is 66.9 Å². The minimum Gasteiger partial charge on any atom is -0.380 e. The molecule has 3 N–H and O–H groups in total. The highest BCUT2D eigenvalue weighted by atomic mass is 35.5. The van der Waals surface area contributed by atoms with Crippen LogP contribution in [-0.2, 0) is 19.9 Å². The number of methoxy groups -OCH3 is 1. The Morgan fingerprint density at radius 3 is 2.49 bits per heavy atom. The second-order valence-corrected chi connectivity index (χ2v) is 11.6. The van der Waals surface area contributed by atoms with E-state index in [-0.39, 0.29) is 36.5 Å². The summed E-state index contributed by atoms with van der Waals surface area (Å²) in [5.74, 6) is -0.547. The minimum absolute atomic E-state index is 0.0415. The number of halogens is 2. The van der Waals surface area contributed by atoms with E-state index in [9.17, 15) is 14.4 Å². The van der Waals surface area contributed by atoms with Crippen molar-refractivity contribution < 1.29 is 23.5 Å². The second kappa shape index (κ2) is 13.1. The lowest BCUT2D eigenvalue weighted by molar-refractivity contribution is -0.121. The maximum Gasteiger partial charge on any atom is 0.323 e. The first-order chi connectivity index (χ1) is 20.7. The standard InChI is InChI=1S/C32H35ClFN5O4/c1-20(40)38-32(15-14-21-8-9-21,22-6-4-3-5-7-22)23-10-12-26(34)27(16-23)36-30(41)28-17-25(43-2)19-39(28)31(42)37-29-13-11-24(33)18-35-29/h3-7,10-13,16,18,21,25,28H,8-9,14-15,17,19H2,1-2H3,(H,36,41)(H,38,40)(H,35,37,42)/t25-,28-,32?/m1/s1. The fraction of sp³-hybridized carbons (Fsp3) is 0.375. The SMILES string of the molecule is CO[C@@H]1C[C@H](C(=O)Nc2cc(C(CCC3CC3)(NC(C)=O)c3ccccc3)ccc2F)N(C(=O)Nc2ccc(Cl)cn2)C1. The van der Waals surface area contributed by atoms with Gasteiger partial charge in [0.15, 0.2) is 0 Å². The van der Waals surface area contributed by atoms with Gasteiger partial charge in [0.1, 0.15) is 17.7 Å². The predicted molar refractivity (Wildman–Crippen MR) is 162 cm³/mol. The summed E-state index contributed by atoms with van der Waals surface area (Å²) >= 11 is 5.89. The lowest BCUT2D eigenvalue weighted by atomic mass is 9.78. The van der Waals surface area contributed by atoms with Gasteiger partial charge in [-0.05, 0) is 54.2 Å². The van der Waals surface area contributed by atoms with Crippen molar-refractivity contribution in [3.63, 3.8) is 0 Å². The number of ether oxygens (including phenoxy) is 1. The topological polar surface area (TPSA) is 113 Å². The highest BCUT2D eigenvalue weighted by Crippen LogP contribution is 2.42. The molecule has 3 atom stereocenters. The molecule has 43 heavy (non-hydrogen) atoms. The number of pyridine rings is 1. The Morgan fingerprint density at radius 2 is 1.84 bits per heavy atom. The van der Waals surface area contributed by atoms with E-state index < -0.39 is 29.3 Å². The number of benzene rings is 2. The van der Waals surface area contributed by atoms with Crippen molar-refractivity contribution in [1.82, 2.24) is 15.2 Å². The van der Waals surface area contributed by atoms with Crippen LogP contribution in [0.1, 0.15) is 50.2 Å². The summed E-state index contributed by atoms with van der Waals surface area (Å²) in [4.78, 5) is 44.8. The number of carbonyl (C=O) groups excluding carboxylic acids is 3. The molecular weight excluding hydrogens is 573 g/mol. The predicted octanol–water partition coefficient (Wildman–Crippen LogP) is 5.70. The van der Waals surface area contributed by atoms with E-state index in [0.29, 0.717) is 22.9 Å². The Morgan fingerprint density at radius 1 is 1.07 bits per heavy atom. The van der Waals surface area contributed by atoms with Gasteiger partial charge in [0.25, 0.3) is 0 Å². The molecule has 9 nitrogen and oxygen atoms in total. The Hall–Kier alpha value is -4.02. The van der Waals surface area contributed by atoms with E-state index in [1.165, 1.54) is 31.2 Å². The fourth-order valence-electron chi connectivity index (χ4n) is 5.69. The quantitative estimate of drug-likeness (QED) is 0.274. The van der Waals surface area contributed by atoms with Gasteiger partial charge in [-0.1, -0.05) is 60.8 Å². The monoisotopic (exact) mass is 607 g/mol. The second-order valence-electron chi connectivity index (χ2n) is 11.2. The summed E-state index contributed by atoms with van der Waals surface area (Å²) in [6.07, 6.45) is 5.05. The summed E-state index contributed by atoms with van der Waals surface area (Å²) in [6, 6.07) is 15.8. The van der Waals surface area contributed by atoms with Gasteiger partial charge in [-0.3, -0.25) is 14.9 Å². The first-order valence-corrected chi connectivity index (χ1v) is 14.7. The Kier molecular flexibility index (Phi) is 9.27. The summed E-state index contributed by atoms with van der Waals surface area (Å²) in [7, 11) is 1.51. The maximum atomic E-state index is 15.3. The van der Waals surface area contributed by atoms with Crippen LogP contribution >= 0.6 is 11.6 Å². The summed E-state index contributed by atoms with van der Waals surface area (Å²) in [5.41, 5.74) is 0.553. The molecule has 2 aliphatic rings. The molecule has 1 aliphatic carbocycles. The lowest BCUT2D eigenvalue weighted by Gasteiger charge is -2.36. The molecule has 11 heteroatoms. The van der Waals surface area contributed by atoms with Crippen molar-refractivity contribution in [3.05, 3.63) is 88.8 Å². The number of anilines is 2. The van der Waals surface area contributed by atoms with E-state index in [2.05, 4.69) is 20.9 Å². The van der Waals surface area contributed by atoms with Gasteiger partial charge in [-0.15, -0.1) is 0 Å². The molecule has 4 amide bonds. The van der Waals surface area contributed by atoms with Gasteiger partial charge >= 0.3 is 6.03 Å². The van der Waals surface area contributed by atoms with Crippen LogP contribution in [0.3, 0.4) is 0 Å². The van der Waals surface area contributed by atoms with Crippen LogP contribution in [0, 0.1) is 11.7 Å². The van der Waals surface area contributed by atoms with Crippen LogP contribution in [0.2, 0.25) is 5.02 Å². The zero-order valence-corrected chi connectivity index (χ0v) is 24.9. The zero-order chi connectivity index (χ0) is 30.6. The largest absolute Gasteiger partial charge is 0.380 e. The number of hydrogen-bond donors (Lipinski definition) is 3. The van der Waals surface area contributed by atoms with Gasteiger partial charge in [0.2, 0.25) is 11.8 Å². The van der Waals surface area contributed by atoms with Gasteiger partial charge in [-0.2, -0.15) is 0 Å². The van der Waals surface area contributed by atoms with Gasteiger partial charge in [0, 0.05) is 33.2 Å². The molecule has 1 saturated heterocycles. The maximum absolute atomic E-state index is 15.3. The highest BCUT2D eigenvalue weighted by Gasteiger charge is 2.41. The molecule has 1 aromatic heterocycles. The molecule has 1 aliphatic heterocycles. The van der Waals surface area contributed by atoms with Gasteiger partial charge in [-0.25, -0.2) is 14.2 Å². The van der Waals surface area contributed by atoms with Crippen molar-refractivity contribution in [3.8, 4) is 0 Å². The number of nitrogens with one attached hydrogen (secondary N) is 3. The first kappa shape index (κ1) is 30.4. The van der Waals surface area contributed by atoms with Crippen LogP contribution in [-0.4, -0.2) is 53.5 Å². The van der Waals surface area contributed by atoms with E-state index >= 15 is 4.39 Å². The average molecular weight is 608 g/mol. The molecule has 0 bridgehead atoms. The summed E-state index contributed by atoms with van der Waals surface area (Å²) < 4.78 is 20.7. The summed E-state index contributed by atoms with van der Waals surface area (Å²) in [6.45, 7) is 1.63. The molecule has 1 saturated carbocycles. The number of urea groups is 1. The van der Waals surface area contributed by atoms with Crippen molar-refractivity contribution >= 4 is 41.0 Å². The molecule has 1 unspecified atom stereocenters. The molecule has 226 valence electrons. The third-order valence-electron chi connectivity index (χ3n) is 8.12. The number of rotatable bonds is 10. The molecule has 2 aromatic carbocycles. The van der Waals surface area contributed by atoms with Crippen molar-refractivity contribution in [2.75, 3.05) is 24.3 Å². The number of nitrogens with zero attached hydrogens (tertiary/aromatic N) is 2. The third kappa shape index (κ3) is 7.14. The van der Waals surface area contributed by atoms with E-state index in [4.69, 9.17) is 16.3 Å². The fourth-order valence-corrected chi connectivity index (χ4v) is 5.80. The number of carbonyl (C=O) groups is 3. The number of likely N-dealkylation sites (tertiary alicyclic amines) is 1. The van der Waals surface area contributed by atoms with E-state index in [1.54, 1.807) is 24.3 Å². The van der Waals surface area contributed by atoms with Crippen molar-refractivity contribution in [1.29, 1.82) is 0 Å². The summed E-state index contributed by atoms with van der Waals surface area (Å²) in [5, 5.41) is 8.97.